The van der Waals surface area contributed by atoms with E-state index in [1.54, 1.807) is 13.0 Å². The van der Waals surface area contributed by atoms with Crippen molar-refractivity contribution in [2.75, 3.05) is 13.3 Å². The summed E-state index contributed by atoms with van der Waals surface area (Å²) in [5.74, 6) is 0.0840. The SMILES string of the molecule is Cc1ccc(OCCF)c(S(N)(=O)=O)c1. The Balaban J connectivity index is 3.15. The van der Waals surface area contributed by atoms with Gasteiger partial charge in [-0.2, -0.15) is 0 Å². The summed E-state index contributed by atoms with van der Waals surface area (Å²) in [7, 11) is -3.83. The molecule has 0 bridgehead atoms. The highest BCUT2D eigenvalue weighted by atomic mass is 32.2. The molecule has 0 spiro atoms. The Labute approximate surface area is 87.9 Å². The van der Waals surface area contributed by atoms with E-state index < -0.39 is 16.7 Å². The summed E-state index contributed by atoms with van der Waals surface area (Å²) in [5, 5.41) is 5.00. The molecule has 6 heteroatoms. The van der Waals surface area contributed by atoms with E-state index in [1.807, 2.05) is 0 Å². The molecular formula is C9H12FNO3S. The predicted molar refractivity (Wildman–Crippen MR) is 54.0 cm³/mol. The molecule has 0 saturated heterocycles. The number of ether oxygens (including phenoxy) is 1. The summed E-state index contributed by atoms with van der Waals surface area (Å²) in [6, 6.07) is 4.52. The first-order chi connectivity index (χ1) is 6.95. The molecule has 0 aliphatic carbocycles. The zero-order valence-corrected chi connectivity index (χ0v) is 9.05. The molecule has 0 radical (unpaired) electrons. The van der Waals surface area contributed by atoms with Crippen molar-refractivity contribution in [2.45, 2.75) is 11.8 Å². The van der Waals surface area contributed by atoms with Crippen LogP contribution >= 0.6 is 0 Å². The quantitative estimate of drug-likeness (QED) is 0.843. The Morgan fingerprint density at radius 3 is 2.67 bits per heavy atom. The van der Waals surface area contributed by atoms with Crippen LogP contribution in [0.2, 0.25) is 0 Å². The first-order valence-corrected chi connectivity index (χ1v) is 5.82. The number of hydrogen-bond acceptors (Lipinski definition) is 3. The largest absolute Gasteiger partial charge is 0.489 e. The van der Waals surface area contributed by atoms with E-state index in [9.17, 15) is 12.8 Å². The molecular weight excluding hydrogens is 221 g/mol. The van der Waals surface area contributed by atoms with Crippen LogP contribution in [0.5, 0.6) is 5.75 Å². The van der Waals surface area contributed by atoms with Gasteiger partial charge in [0.25, 0.3) is 0 Å². The average Bonchev–Trinajstić information content (AvgIpc) is 2.14. The Morgan fingerprint density at radius 1 is 1.47 bits per heavy atom. The highest BCUT2D eigenvalue weighted by Gasteiger charge is 2.15. The summed E-state index contributed by atoms with van der Waals surface area (Å²) in [5.41, 5.74) is 0.742. The molecule has 1 rings (SSSR count). The summed E-state index contributed by atoms with van der Waals surface area (Å²) >= 11 is 0. The van der Waals surface area contributed by atoms with E-state index in [-0.39, 0.29) is 17.3 Å². The molecule has 0 atom stereocenters. The topological polar surface area (TPSA) is 69.4 Å². The minimum absolute atomic E-state index is 0.0840. The van der Waals surface area contributed by atoms with Crippen molar-refractivity contribution in [3.63, 3.8) is 0 Å². The van der Waals surface area contributed by atoms with Crippen molar-refractivity contribution in [2.24, 2.45) is 5.14 Å². The van der Waals surface area contributed by atoms with Gasteiger partial charge in [-0.15, -0.1) is 0 Å². The molecule has 4 nitrogen and oxygen atoms in total. The molecule has 0 aromatic heterocycles. The van der Waals surface area contributed by atoms with E-state index in [1.165, 1.54) is 12.1 Å². The molecule has 0 aliphatic heterocycles. The second kappa shape index (κ2) is 4.59. The molecule has 15 heavy (non-hydrogen) atoms. The Bertz CT molecular complexity index is 445. The van der Waals surface area contributed by atoms with Crippen LogP contribution in [-0.4, -0.2) is 21.7 Å². The minimum atomic E-state index is -3.83. The van der Waals surface area contributed by atoms with Crippen molar-refractivity contribution >= 4 is 10.0 Å². The maximum atomic E-state index is 11.9. The fraction of sp³-hybridized carbons (Fsp3) is 0.333. The number of alkyl halides is 1. The van der Waals surface area contributed by atoms with Crippen LogP contribution in [0, 0.1) is 6.92 Å². The fourth-order valence-electron chi connectivity index (χ4n) is 1.11. The normalized spacial score (nSPS) is 11.4. The van der Waals surface area contributed by atoms with Crippen LogP contribution in [0.4, 0.5) is 4.39 Å². The third kappa shape index (κ3) is 3.17. The summed E-state index contributed by atoms with van der Waals surface area (Å²) in [6.07, 6.45) is 0. The zero-order valence-electron chi connectivity index (χ0n) is 8.23. The number of benzene rings is 1. The minimum Gasteiger partial charge on any atom is -0.489 e. The predicted octanol–water partition coefficient (Wildman–Crippen LogP) is 0.991. The van der Waals surface area contributed by atoms with Crippen molar-refractivity contribution in [1.29, 1.82) is 0 Å². The van der Waals surface area contributed by atoms with Gasteiger partial charge >= 0.3 is 0 Å². The molecule has 84 valence electrons. The maximum absolute atomic E-state index is 11.9. The molecule has 0 amide bonds. The van der Waals surface area contributed by atoms with E-state index in [0.717, 1.165) is 5.56 Å². The number of hydrogen-bond donors (Lipinski definition) is 1. The van der Waals surface area contributed by atoms with Gasteiger partial charge < -0.3 is 4.74 Å². The number of primary sulfonamides is 1. The Kier molecular flexibility index (Phi) is 3.65. The third-order valence-corrected chi connectivity index (χ3v) is 2.67. The van der Waals surface area contributed by atoms with Gasteiger partial charge in [0.2, 0.25) is 10.0 Å². The monoisotopic (exact) mass is 233 g/mol. The first kappa shape index (κ1) is 11.9. The molecule has 2 N–H and O–H groups in total. The lowest BCUT2D eigenvalue weighted by Crippen LogP contribution is -2.14. The maximum Gasteiger partial charge on any atom is 0.241 e. The van der Waals surface area contributed by atoms with E-state index >= 15 is 0 Å². The number of halogens is 1. The lowest BCUT2D eigenvalue weighted by Gasteiger charge is -2.09. The Morgan fingerprint density at radius 2 is 2.13 bits per heavy atom. The molecule has 0 aliphatic rings. The second-order valence-electron chi connectivity index (χ2n) is 3.03. The van der Waals surface area contributed by atoms with Crippen LogP contribution in [0.3, 0.4) is 0 Å². The van der Waals surface area contributed by atoms with Crippen molar-refractivity contribution < 1.29 is 17.5 Å². The summed E-state index contributed by atoms with van der Waals surface area (Å²) < 4.78 is 39.2. The van der Waals surface area contributed by atoms with Crippen LogP contribution in [0.15, 0.2) is 23.1 Å². The molecule has 0 fully saturated rings. The van der Waals surface area contributed by atoms with Crippen molar-refractivity contribution in [3.05, 3.63) is 23.8 Å². The lowest BCUT2D eigenvalue weighted by atomic mass is 10.2. The lowest BCUT2D eigenvalue weighted by molar-refractivity contribution is 0.267. The average molecular weight is 233 g/mol. The van der Waals surface area contributed by atoms with Gasteiger partial charge in [0.15, 0.2) is 0 Å². The van der Waals surface area contributed by atoms with Crippen LogP contribution < -0.4 is 9.88 Å². The van der Waals surface area contributed by atoms with Crippen LogP contribution in [0.1, 0.15) is 5.56 Å². The zero-order chi connectivity index (χ0) is 11.5. The molecule has 0 heterocycles. The smallest absolute Gasteiger partial charge is 0.241 e. The highest BCUT2D eigenvalue weighted by Crippen LogP contribution is 2.23. The van der Waals surface area contributed by atoms with Gasteiger partial charge in [-0.05, 0) is 24.6 Å². The molecule has 0 saturated carbocycles. The van der Waals surface area contributed by atoms with Crippen molar-refractivity contribution in [3.8, 4) is 5.75 Å². The number of sulfonamides is 1. The molecule has 1 aromatic rings. The number of rotatable bonds is 4. The molecule has 0 unspecified atom stereocenters. The summed E-state index contributed by atoms with van der Waals surface area (Å²) in [6.45, 7) is 0.858. The van der Waals surface area contributed by atoms with Gasteiger partial charge in [-0.1, -0.05) is 6.07 Å². The Hall–Kier alpha value is -1.14. The number of aryl methyl sites for hydroxylation is 1. The summed E-state index contributed by atoms with van der Waals surface area (Å²) in [4.78, 5) is -0.115. The first-order valence-electron chi connectivity index (χ1n) is 4.27. The van der Waals surface area contributed by atoms with Crippen LogP contribution in [-0.2, 0) is 10.0 Å². The second-order valence-corrected chi connectivity index (χ2v) is 4.56. The van der Waals surface area contributed by atoms with Gasteiger partial charge in [-0.3, -0.25) is 0 Å². The van der Waals surface area contributed by atoms with Crippen LogP contribution in [0.25, 0.3) is 0 Å². The molecule has 1 aromatic carbocycles. The standard InChI is InChI=1S/C9H12FNO3S/c1-7-2-3-8(14-5-4-10)9(6-7)15(11,12)13/h2-3,6H,4-5H2,1H3,(H2,11,12,13). The number of nitrogens with two attached hydrogens (primary N) is 1. The highest BCUT2D eigenvalue weighted by molar-refractivity contribution is 7.89. The van der Waals surface area contributed by atoms with Gasteiger partial charge in [0, 0.05) is 0 Å². The third-order valence-electron chi connectivity index (χ3n) is 1.74. The van der Waals surface area contributed by atoms with E-state index in [0.29, 0.717) is 0 Å². The van der Waals surface area contributed by atoms with Crippen molar-refractivity contribution in [1.82, 2.24) is 0 Å². The van der Waals surface area contributed by atoms with Gasteiger partial charge in [0.05, 0.1) is 0 Å². The van der Waals surface area contributed by atoms with Gasteiger partial charge in [0.1, 0.15) is 23.9 Å². The van der Waals surface area contributed by atoms with E-state index in [2.05, 4.69) is 0 Å². The fourth-order valence-corrected chi connectivity index (χ4v) is 1.86. The van der Waals surface area contributed by atoms with E-state index in [4.69, 9.17) is 9.88 Å². The van der Waals surface area contributed by atoms with Gasteiger partial charge in [-0.25, -0.2) is 17.9 Å².